The summed E-state index contributed by atoms with van der Waals surface area (Å²) in [5, 5.41) is 1.27. The molecule has 0 aromatic heterocycles. The van der Waals surface area contributed by atoms with E-state index in [1.165, 1.54) is 17.1 Å². The predicted octanol–water partition coefficient (Wildman–Crippen LogP) is 0.428. The third-order valence-electron chi connectivity index (χ3n) is 3.91. The molecule has 1 heterocycles. The molecule has 0 bridgehead atoms. The summed E-state index contributed by atoms with van der Waals surface area (Å²) in [4.78, 5) is 43.2. The number of hydrogen-bond donors (Lipinski definition) is 2. The van der Waals surface area contributed by atoms with Crippen LogP contribution in [0, 0.1) is 0 Å². The molecule has 9 heteroatoms. The Morgan fingerprint density at radius 3 is 2.62 bits per heavy atom. The van der Waals surface area contributed by atoms with Gasteiger partial charge in [0.1, 0.15) is 19.3 Å². The SMILES string of the molecule is CCN1C(=O)N(OCc2ccccc2)CC[C@H]1C(=O)NNC(=O)COC. The first kappa shape index (κ1) is 19.7. The van der Waals surface area contributed by atoms with Crippen LogP contribution in [0.25, 0.3) is 0 Å². The van der Waals surface area contributed by atoms with Crippen molar-refractivity contribution >= 4 is 17.8 Å². The van der Waals surface area contributed by atoms with Gasteiger partial charge in [-0.1, -0.05) is 30.3 Å². The first-order valence-corrected chi connectivity index (χ1v) is 8.39. The molecule has 1 atom stereocenters. The molecular formula is C17H24N4O5. The molecule has 0 spiro atoms. The summed E-state index contributed by atoms with van der Waals surface area (Å²) in [6.07, 6.45) is 0.389. The minimum atomic E-state index is -0.674. The molecule has 142 valence electrons. The van der Waals surface area contributed by atoms with Crippen molar-refractivity contribution < 1.29 is 24.0 Å². The van der Waals surface area contributed by atoms with Gasteiger partial charge in [0.15, 0.2) is 0 Å². The number of hydroxylamine groups is 2. The van der Waals surface area contributed by atoms with Crippen LogP contribution in [0.3, 0.4) is 0 Å². The fourth-order valence-corrected chi connectivity index (χ4v) is 2.62. The van der Waals surface area contributed by atoms with Crippen LogP contribution >= 0.6 is 0 Å². The molecule has 1 aromatic rings. The number of carbonyl (C=O) groups excluding carboxylic acids is 3. The van der Waals surface area contributed by atoms with Crippen LogP contribution in [0.5, 0.6) is 0 Å². The van der Waals surface area contributed by atoms with Crippen LogP contribution < -0.4 is 10.9 Å². The van der Waals surface area contributed by atoms with Crippen molar-refractivity contribution in [2.75, 3.05) is 26.8 Å². The Morgan fingerprint density at radius 1 is 1.23 bits per heavy atom. The summed E-state index contributed by atoms with van der Waals surface area (Å²) in [5.41, 5.74) is 5.52. The molecule has 1 fully saturated rings. The molecule has 1 aliphatic rings. The van der Waals surface area contributed by atoms with E-state index < -0.39 is 17.9 Å². The van der Waals surface area contributed by atoms with Gasteiger partial charge in [-0.25, -0.2) is 9.86 Å². The van der Waals surface area contributed by atoms with Crippen molar-refractivity contribution in [3.8, 4) is 0 Å². The van der Waals surface area contributed by atoms with Gasteiger partial charge in [-0.05, 0) is 18.9 Å². The van der Waals surface area contributed by atoms with Crippen molar-refractivity contribution in [1.82, 2.24) is 20.8 Å². The zero-order chi connectivity index (χ0) is 18.9. The molecule has 4 amide bonds. The highest BCUT2D eigenvalue weighted by molar-refractivity contribution is 5.89. The topological polar surface area (TPSA) is 100 Å². The molecule has 1 aromatic carbocycles. The van der Waals surface area contributed by atoms with Crippen LogP contribution in [0.4, 0.5) is 4.79 Å². The van der Waals surface area contributed by atoms with E-state index >= 15 is 0 Å². The Kier molecular flexibility index (Phi) is 7.37. The average molecular weight is 364 g/mol. The third-order valence-corrected chi connectivity index (χ3v) is 3.91. The van der Waals surface area contributed by atoms with Crippen molar-refractivity contribution in [3.63, 3.8) is 0 Å². The van der Waals surface area contributed by atoms with E-state index in [0.717, 1.165) is 5.56 Å². The highest BCUT2D eigenvalue weighted by Crippen LogP contribution is 2.17. The van der Waals surface area contributed by atoms with E-state index in [-0.39, 0.29) is 25.8 Å². The fraction of sp³-hybridized carbons (Fsp3) is 0.471. The first-order chi connectivity index (χ1) is 12.6. The van der Waals surface area contributed by atoms with Gasteiger partial charge in [0, 0.05) is 13.7 Å². The lowest BCUT2D eigenvalue weighted by molar-refractivity contribution is -0.157. The van der Waals surface area contributed by atoms with E-state index in [0.29, 0.717) is 13.0 Å². The summed E-state index contributed by atoms with van der Waals surface area (Å²) in [5.74, 6) is -0.925. The first-order valence-electron chi connectivity index (χ1n) is 8.39. The zero-order valence-electron chi connectivity index (χ0n) is 14.9. The van der Waals surface area contributed by atoms with Gasteiger partial charge in [0.05, 0.1) is 6.54 Å². The number of methoxy groups -OCH3 is 1. The maximum Gasteiger partial charge on any atom is 0.344 e. The second-order valence-electron chi connectivity index (χ2n) is 5.70. The summed E-state index contributed by atoms with van der Waals surface area (Å²) in [6.45, 7) is 2.51. The Labute approximate surface area is 152 Å². The smallest absolute Gasteiger partial charge is 0.344 e. The van der Waals surface area contributed by atoms with E-state index in [1.54, 1.807) is 6.92 Å². The van der Waals surface area contributed by atoms with E-state index in [2.05, 4.69) is 15.6 Å². The summed E-state index contributed by atoms with van der Waals surface area (Å²) < 4.78 is 4.67. The van der Waals surface area contributed by atoms with Gasteiger partial charge in [-0.2, -0.15) is 0 Å². The van der Waals surface area contributed by atoms with Gasteiger partial charge in [0.2, 0.25) is 0 Å². The van der Waals surface area contributed by atoms with Gasteiger partial charge in [0.25, 0.3) is 11.8 Å². The second kappa shape index (κ2) is 9.73. The second-order valence-corrected chi connectivity index (χ2v) is 5.70. The molecule has 0 unspecified atom stereocenters. The summed E-state index contributed by atoms with van der Waals surface area (Å²) in [7, 11) is 1.38. The largest absolute Gasteiger partial charge is 0.375 e. The number of likely N-dealkylation sites (N-methyl/N-ethyl adjacent to an activating group) is 1. The number of amides is 4. The number of carbonyl (C=O) groups is 3. The molecule has 0 saturated carbocycles. The van der Waals surface area contributed by atoms with Crippen LogP contribution in [0.2, 0.25) is 0 Å². The highest BCUT2D eigenvalue weighted by Gasteiger charge is 2.37. The van der Waals surface area contributed by atoms with Crippen molar-refractivity contribution in [3.05, 3.63) is 35.9 Å². The molecule has 2 N–H and O–H groups in total. The molecule has 2 rings (SSSR count). The number of rotatable bonds is 7. The average Bonchev–Trinajstić information content (AvgIpc) is 2.66. The molecular weight excluding hydrogens is 340 g/mol. The Hall–Kier alpha value is -2.65. The monoisotopic (exact) mass is 364 g/mol. The number of urea groups is 1. The normalized spacial score (nSPS) is 17.2. The van der Waals surface area contributed by atoms with Crippen LogP contribution in [-0.4, -0.2) is 60.7 Å². The molecule has 1 aliphatic heterocycles. The van der Waals surface area contributed by atoms with E-state index in [1.807, 2.05) is 30.3 Å². The van der Waals surface area contributed by atoms with Crippen LogP contribution in [-0.2, 0) is 25.8 Å². The van der Waals surface area contributed by atoms with Crippen molar-refractivity contribution in [1.29, 1.82) is 0 Å². The van der Waals surface area contributed by atoms with Crippen molar-refractivity contribution in [2.45, 2.75) is 26.0 Å². The minimum Gasteiger partial charge on any atom is -0.375 e. The molecule has 0 radical (unpaired) electrons. The maximum atomic E-state index is 12.6. The lowest BCUT2D eigenvalue weighted by Gasteiger charge is -2.39. The number of hydrogen-bond acceptors (Lipinski definition) is 5. The number of hydrazine groups is 1. The van der Waals surface area contributed by atoms with Gasteiger partial charge >= 0.3 is 6.03 Å². The van der Waals surface area contributed by atoms with Gasteiger partial charge < -0.3 is 9.64 Å². The maximum absolute atomic E-state index is 12.6. The predicted molar refractivity (Wildman–Crippen MR) is 92.3 cm³/mol. The summed E-state index contributed by atoms with van der Waals surface area (Å²) >= 11 is 0. The Bertz CT molecular complexity index is 625. The van der Waals surface area contributed by atoms with E-state index in [4.69, 9.17) is 4.84 Å². The molecule has 26 heavy (non-hydrogen) atoms. The quantitative estimate of drug-likeness (QED) is 0.684. The molecule has 9 nitrogen and oxygen atoms in total. The Morgan fingerprint density at radius 2 is 1.96 bits per heavy atom. The van der Waals surface area contributed by atoms with Crippen LogP contribution in [0.1, 0.15) is 18.9 Å². The lowest BCUT2D eigenvalue weighted by Crippen LogP contribution is -2.60. The number of ether oxygens (including phenoxy) is 1. The van der Waals surface area contributed by atoms with Crippen LogP contribution in [0.15, 0.2) is 30.3 Å². The minimum absolute atomic E-state index is 0.164. The van der Waals surface area contributed by atoms with E-state index in [9.17, 15) is 14.4 Å². The summed E-state index contributed by atoms with van der Waals surface area (Å²) in [6, 6.07) is 8.46. The number of nitrogens with one attached hydrogen (secondary N) is 2. The van der Waals surface area contributed by atoms with Gasteiger partial charge in [-0.3, -0.25) is 25.3 Å². The lowest BCUT2D eigenvalue weighted by atomic mass is 10.1. The van der Waals surface area contributed by atoms with Crippen molar-refractivity contribution in [2.24, 2.45) is 0 Å². The molecule has 0 aliphatic carbocycles. The number of nitrogens with zero attached hydrogens (tertiary/aromatic N) is 2. The van der Waals surface area contributed by atoms with Gasteiger partial charge in [-0.15, -0.1) is 0 Å². The Balaban J connectivity index is 1.90. The molecule has 1 saturated heterocycles. The third kappa shape index (κ3) is 5.17. The zero-order valence-corrected chi connectivity index (χ0v) is 14.9. The highest BCUT2D eigenvalue weighted by atomic mass is 16.7. The fourth-order valence-electron chi connectivity index (χ4n) is 2.62. The standard InChI is InChI=1S/C17H24N4O5/c1-3-20-14(16(23)19-18-15(22)12-25-2)9-10-21(17(20)24)26-11-13-7-5-4-6-8-13/h4-8,14H,3,9-12H2,1-2H3,(H,18,22)(H,19,23)/t14-/m0/s1. The number of benzene rings is 1.